The second-order valence-electron chi connectivity index (χ2n) is 30.2. The molecule has 80 heavy (non-hydrogen) atoms. The molecule has 0 unspecified atom stereocenters. The van der Waals surface area contributed by atoms with Gasteiger partial charge in [0.2, 0.25) is 0 Å². The fraction of sp³-hybridized carbons (Fsp3) is 0.513. The first-order valence-corrected chi connectivity index (χ1v) is 31.6. The van der Waals surface area contributed by atoms with Gasteiger partial charge >= 0.3 is 0 Å². The molecule has 7 rings (SSSR count). The number of nitrogens with zero attached hydrogens (tertiary/aromatic N) is 2. The Balaban J connectivity index is 1.81. The van der Waals surface area contributed by atoms with Crippen molar-refractivity contribution in [3.63, 3.8) is 0 Å². The third-order valence-electron chi connectivity index (χ3n) is 15.6. The number of fused-ring (bicyclic) bond motifs is 2. The zero-order valence-corrected chi connectivity index (χ0v) is 54.6. The molecular weight excluding hydrogens is 965 g/mol. The van der Waals surface area contributed by atoms with E-state index in [1.165, 1.54) is 111 Å². The van der Waals surface area contributed by atoms with Gasteiger partial charge in [-0.1, -0.05) is 201 Å². The van der Waals surface area contributed by atoms with E-state index in [0.717, 1.165) is 51.4 Å². The highest BCUT2D eigenvalue weighted by atomic mass is 15.2. The highest BCUT2D eigenvalue weighted by molar-refractivity contribution is 6.23. The maximum absolute atomic E-state index is 2.75. The minimum Gasteiger partial charge on any atom is -0.309 e. The van der Waals surface area contributed by atoms with Crippen LogP contribution in [0.15, 0.2) is 109 Å². The first-order valence-electron chi connectivity index (χ1n) is 31.6. The van der Waals surface area contributed by atoms with Crippen LogP contribution >= 0.6 is 0 Å². The van der Waals surface area contributed by atoms with Crippen molar-refractivity contribution in [3.8, 4) is 0 Å². The van der Waals surface area contributed by atoms with Gasteiger partial charge in [-0.05, 0) is 226 Å². The fourth-order valence-electron chi connectivity index (χ4n) is 12.6. The van der Waals surface area contributed by atoms with Crippen molar-refractivity contribution in [1.29, 1.82) is 0 Å². The van der Waals surface area contributed by atoms with Crippen LogP contribution in [0.2, 0.25) is 0 Å². The summed E-state index contributed by atoms with van der Waals surface area (Å²) in [6.45, 7) is 52.4. The van der Waals surface area contributed by atoms with E-state index in [0.29, 0.717) is 47.3 Å². The summed E-state index contributed by atoms with van der Waals surface area (Å²) in [7, 11) is 0. The molecule has 0 aliphatic rings. The second kappa shape index (κ2) is 25.8. The van der Waals surface area contributed by atoms with Gasteiger partial charge in [0.1, 0.15) is 0 Å². The topological polar surface area (TPSA) is 6.48 Å². The molecule has 0 aliphatic carbocycles. The fourth-order valence-corrected chi connectivity index (χ4v) is 12.6. The highest BCUT2D eigenvalue weighted by Crippen LogP contribution is 2.53. The molecule has 7 aromatic carbocycles. The van der Waals surface area contributed by atoms with Crippen molar-refractivity contribution in [2.45, 2.75) is 215 Å². The van der Waals surface area contributed by atoms with E-state index in [1.807, 2.05) is 0 Å². The largest absolute Gasteiger partial charge is 0.309 e. The van der Waals surface area contributed by atoms with Gasteiger partial charge in [0.05, 0.1) is 11.4 Å². The van der Waals surface area contributed by atoms with Gasteiger partial charge in [-0.3, -0.25) is 0 Å². The Morgan fingerprint density at radius 3 is 0.600 bits per heavy atom. The molecule has 430 valence electrons. The van der Waals surface area contributed by atoms with Crippen LogP contribution in [0.1, 0.15) is 208 Å². The van der Waals surface area contributed by atoms with Crippen molar-refractivity contribution < 1.29 is 0 Å². The molecule has 7 aromatic rings. The minimum absolute atomic E-state index is 0.0989. The number of anilines is 6. The van der Waals surface area contributed by atoms with Gasteiger partial charge in [-0.25, -0.2) is 0 Å². The standard InChI is InChI=1S/C78H108N2/c1-49(2)27-57-35-58(28-50(3)4)40-67(39-57)79(68-41-59(29-51(5)6)36-60(42-68)30-52(7)8)75-71-25-23-66(78(20,21)22)48-74(71)76(72-26-24-65(47-73(72)75)77(17,18)19)80(69-43-61(31-53(9)10)37-62(44-69)32-54(11)12)70-45-63(33-55(13)14)38-64(46-70)34-56(15)16/h23-26,35-56H,27-34H2,1-22H3. The summed E-state index contributed by atoms with van der Waals surface area (Å²) in [6.07, 6.45) is 8.23. The van der Waals surface area contributed by atoms with Gasteiger partial charge in [0.15, 0.2) is 0 Å². The van der Waals surface area contributed by atoms with Crippen LogP contribution in [0.3, 0.4) is 0 Å². The molecule has 0 spiro atoms. The van der Waals surface area contributed by atoms with Crippen molar-refractivity contribution in [2.24, 2.45) is 47.3 Å². The van der Waals surface area contributed by atoms with E-state index >= 15 is 0 Å². The Kier molecular flexibility index (Phi) is 20.1. The average molecular weight is 1070 g/mol. The number of rotatable bonds is 22. The Morgan fingerprint density at radius 1 is 0.250 bits per heavy atom. The smallest absolute Gasteiger partial charge is 0.0620 e. The average Bonchev–Trinajstić information content (AvgIpc) is 3.52. The lowest BCUT2D eigenvalue weighted by Crippen LogP contribution is -2.18. The summed E-state index contributed by atoms with van der Waals surface area (Å²) in [4.78, 5) is 5.49. The molecule has 0 fully saturated rings. The molecule has 0 aliphatic heterocycles. The van der Waals surface area contributed by atoms with Crippen LogP contribution in [0.4, 0.5) is 34.1 Å². The SMILES string of the molecule is CC(C)Cc1cc(CC(C)C)cc(N(c2cc(CC(C)C)cc(CC(C)C)c2)c2c3ccc(C(C)(C)C)cc3c(N(c3cc(CC(C)C)cc(CC(C)C)c3)c3cc(CC(C)C)cc(CC(C)C)c3)c3ccc(C(C)(C)C)cc23)c1. The van der Waals surface area contributed by atoms with E-state index in [-0.39, 0.29) is 10.8 Å². The zero-order chi connectivity index (χ0) is 58.7. The third kappa shape index (κ3) is 16.0. The van der Waals surface area contributed by atoms with Gasteiger partial charge in [-0.15, -0.1) is 0 Å². The zero-order valence-electron chi connectivity index (χ0n) is 54.6. The monoisotopic (exact) mass is 1070 g/mol. The molecule has 0 saturated heterocycles. The maximum atomic E-state index is 2.75. The number of hydrogen-bond acceptors (Lipinski definition) is 2. The normalized spacial score (nSPS) is 12.7. The van der Waals surface area contributed by atoms with E-state index in [4.69, 9.17) is 0 Å². The van der Waals surface area contributed by atoms with E-state index in [2.05, 4.69) is 271 Å². The van der Waals surface area contributed by atoms with Gasteiger partial charge in [0.25, 0.3) is 0 Å². The minimum atomic E-state index is -0.0989. The van der Waals surface area contributed by atoms with Gasteiger partial charge in [0, 0.05) is 44.3 Å². The van der Waals surface area contributed by atoms with Crippen molar-refractivity contribution in [1.82, 2.24) is 0 Å². The highest BCUT2D eigenvalue weighted by Gasteiger charge is 2.30. The Morgan fingerprint density at radius 2 is 0.438 bits per heavy atom. The van der Waals surface area contributed by atoms with Gasteiger partial charge < -0.3 is 9.80 Å². The van der Waals surface area contributed by atoms with Crippen LogP contribution in [0, 0.1) is 47.3 Å². The van der Waals surface area contributed by atoms with Crippen LogP contribution in [-0.4, -0.2) is 0 Å². The number of hydrogen-bond donors (Lipinski definition) is 0. The van der Waals surface area contributed by atoms with E-state index in [1.54, 1.807) is 0 Å². The summed E-state index contributed by atoms with van der Waals surface area (Å²) in [5.41, 5.74) is 21.3. The lowest BCUT2D eigenvalue weighted by molar-refractivity contribution is 0.590. The molecular formula is C78H108N2. The van der Waals surface area contributed by atoms with Crippen LogP contribution in [0.5, 0.6) is 0 Å². The summed E-state index contributed by atoms with van der Waals surface area (Å²) in [5, 5.41) is 5.12. The molecule has 0 heterocycles. The first kappa shape index (κ1) is 62.3. The Bertz CT molecular complexity index is 2750. The predicted octanol–water partition coefficient (Wildman–Crippen LogP) is 23.1. The van der Waals surface area contributed by atoms with Crippen LogP contribution < -0.4 is 9.80 Å². The second-order valence-corrected chi connectivity index (χ2v) is 30.2. The third-order valence-corrected chi connectivity index (χ3v) is 15.6. The molecule has 2 nitrogen and oxygen atoms in total. The van der Waals surface area contributed by atoms with E-state index in [9.17, 15) is 0 Å². The maximum Gasteiger partial charge on any atom is 0.0620 e. The van der Waals surface area contributed by atoms with Crippen LogP contribution in [0.25, 0.3) is 21.5 Å². The molecule has 2 heteroatoms. The molecule has 0 saturated carbocycles. The van der Waals surface area contributed by atoms with Crippen molar-refractivity contribution in [3.05, 3.63) is 165 Å². The molecule has 0 amide bonds. The van der Waals surface area contributed by atoms with Crippen LogP contribution in [-0.2, 0) is 62.2 Å². The molecule has 0 atom stereocenters. The number of benzene rings is 7. The summed E-state index contributed by atoms with van der Waals surface area (Å²) in [5.74, 6) is 4.18. The Hall–Kier alpha value is -5.34. The summed E-state index contributed by atoms with van der Waals surface area (Å²) in [6, 6.07) is 45.8. The first-order chi connectivity index (χ1) is 37.4. The van der Waals surface area contributed by atoms with Gasteiger partial charge in [-0.2, -0.15) is 0 Å². The lowest BCUT2D eigenvalue weighted by Gasteiger charge is -2.35. The molecule has 0 radical (unpaired) electrons. The molecule has 0 bridgehead atoms. The summed E-state index contributed by atoms with van der Waals surface area (Å²) >= 11 is 0. The quantitative estimate of drug-likeness (QED) is 0.0493. The predicted molar refractivity (Wildman–Crippen MR) is 357 cm³/mol. The molecule has 0 N–H and O–H groups in total. The molecule has 0 aromatic heterocycles. The summed E-state index contributed by atoms with van der Waals surface area (Å²) < 4.78 is 0. The van der Waals surface area contributed by atoms with Crippen molar-refractivity contribution >= 4 is 55.7 Å². The Labute approximate surface area is 489 Å². The van der Waals surface area contributed by atoms with Crippen molar-refractivity contribution in [2.75, 3.05) is 9.80 Å². The lowest BCUT2D eigenvalue weighted by atomic mass is 9.82. The van der Waals surface area contributed by atoms with E-state index < -0.39 is 0 Å².